The topological polar surface area (TPSA) is 51.1 Å². The maximum Gasteiger partial charge on any atom is 0.253 e. The number of piperidine rings is 1. The number of nitrogens with zero attached hydrogens (tertiary/aromatic N) is 2. The molecule has 29 heavy (non-hydrogen) atoms. The lowest BCUT2D eigenvalue weighted by molar-refractivity contribution is 0.0695. The standard InChI is InChI=1S/C23H25FN2O3/c1-16(20-8-4-5-9-21(20)28-2)25-22(29-3)18-7-6-14-26(15-18)23(27)17-10-12-19(24)13-11-17/h4-5,8-13,18H,1,6-7,14-15H2,2-3H3. The lowest BCUT2D eigenvalue weighted by Gasteiger charge is -2.33. The summed E-state index contributed by atoms with van der Waals surface area (Å²) in [4.78, 5) is 19.2. The number of likely N-dealkylation sites (tertiary alicyclic amines) is 1. The monoisotopic (exact) mass is 396 g/mol. The molecule has 1 heterocycles. The maximum absolute atomic E-state index is 13.1. The summed E-state index contributed by atoms with van der Waals surface area (Å²) in [6.45, 7) is 5.20. The average molecular weight is 396 g/mol. The predicted octanol–water partition coefficient (Wildman–Crippen LogP) is 4.40. The molecule has 0 radical (unpaired) electrons. The molecule has 2 aromatic rings. The van der Waals surface area contributed by atoms with Gasteiger partial charge in [-0.05, 0) is 49.2 Å². The molecule has 6 heteroatoms. The van der Waals surface area contributed by atoms with Crippen LogP contribution in [0.3, 0.4) is 0 Å². The number of halogens is 1. The van der Waals surface area contributed by atoms with Gasteiger partial charge in [0.25, 0.3) is 5.91 Å². The number of hydrogen-bond donors (Lipinski definition) is 0. The molecule has 1 aliphatic heterocycles. The van der Waals surface area contributed by atoms with Gasteiger partial charge >= 0.3 is 0 Å². The first-order valence-corrected chi connectivity index (χ1v) is 9.53. The maximum atomic E-state index is 13.1. The molecular formula is C23H25FN2O3. The third-order valence-electron chi connectivity index (χ3n) is 5.02. The smallest absolute Gasteiger partial charge is 0.253 e. The summed E-state index contributed by atoms with van der Waals surface area (Å²) >= 11 is 0. The van der Waals surface area contributed by atoms with Crippen molar-refractivity contribution in [3.05, 3.63) is 72.1 Å². The van der Waals surface area contributed by atoms with Gasteiger partial charge in [0.2, 0.25) is 0 Å². The molecule has 1 fully saturated rings. The highest BCUT2D eigenvalue weighted by Gasteiger charge is 2.28. The summed E-state index contributed by atoms with van der Waals surface area (Å²) < 4.78 is 24.1. The van der Waals surface area contributed by atoms with Crippen molar-refractivity contribution in [2.24, 2.45) is 10.9 Å². The molecule has 0 aromatic heterocycles. The Bertz CT molecular complexity index is 909. The summed E-state index contributed by atoms with van der Waals surface area (Å²) in [5.74, 6) is 0.714. The van der Waals surface area contributed by atoms with Gasteiger partial charge in [-0.25, -0.2) is 9.38 Å². The van der Waals surface area contributed by atoms with Crippen molar-refractivity contribution in [1.82, 2.24) is 4.90 Å². The van der Waals surface area contributed by atoms with Crippen LogP contribution < -0.4 is 4.74 Å². The van der Waals surface area contributed by atoms with E-state index in [-0.39, 0.29) is 17.6 Å². The van der Waals surface area contributed by atoms with Crippen molar-refractivity contribution in [2.75, 3.05) is 27.3 Å². The zero-order valence-corrected chi connectivity index (χ0v) is 16.7. The lowest BCUT2D eigenvalue weighted by Crippen LogP contribution is -2.42. The molecule has 1 atom stereocenters. The van der Waals surface area contributed by atoms with Crippen LogP contribution in [0.5, 0.6) is 5.75 Å². The Morgan fingerprint density at radius 1 is 1.17 bits per heavy atom. The first-order chi connectivity index (χ1) is 14.0. The van der Waals surface area contributed by atoms with Gasteiger partial charge in [0.1, 0.15) is 11.6 Å². The number of carbonyl (C=O) groups excluding carboxylic acids is 1. The number of para-hydroxylation sites is 1. The highest BCUT2D eigenvalue weighted by molar-refractivity contribution is 5.95. The van der Waals surface area contributed by atoms with E-state index in [0.29, 0.717) is 36.0 Å². The number of amides is 1. The minimum Gasteiger partial charge on any atom is -0.496 e. The minimum atomic E-state index is -0.360. The summed E-state index contributed by atoms with van der Waals surface area (Å²) in [6, 6.07) is 13.1. The van der Waals surface area contributed by atoms with Crippen LogP contribution in [-0.2, 0) is 4.74 Å². The molecule has 0 spiro atoms. The Labute approximate surface area is 170 Å². The zero-order valence-electron chi connectivity index (χ0n) is 16.7. The van der Waals surface area contributed by atoms with E-state index in [1.54, 1.807) is 19.1 Å². The zero-order chi connectivity index (χ0) is 20.8. The van der Waals surface area contributed by atoms with Gasteiger partial charge < -0.3 is 14.4 Å². The molecule has 3 rings (SSSR count). The normalized spacial score (nSPS) is 17.0. The van der Waals surface area contributed by atoms with Gasteiger partial charge in [-0.3, -0.25) is 4.79 Å². The Hall–Kier alpha value is -3.15. The second-order valence-corrected chi connectivity index (χ2v) is 6.90. The largest absolute Gasteiger partial charge is 0.496 e. The van der Waals surface area contributed by atoms with Crippen molar-refractivity contribution in [3.8, 4) is 5.75 Å². The first-order valence-electron chi connectivity index (χ1n) is 9.53. The quantitative estimate of drug-likeness (QED) is 0.556. The van der Waals surface area contributed by atoms with E-state index in [9.17, 15) is 9.18 Å². The van der Waals surface area contributed by atoms with Gasteiger partial charge in [0.15, 0.2) is 5.90 Å². The molecule has 0 saturated carbocycles. The molecule has 0 bridgehead atoms. The summed E-state index contributed by atoms with van der Waals surface area (Å²) in [5, 5.41) is 0. The van der Waals surface area contributed by atoms with Crippen molar-refractivity contribution in [3.63, 3.8) is 0 Å². The van der Waals surface area contributed by atoms with Crippen LogP contribution in [0, 0.1) is 11.7 Å². The summed E-state index contributed by atoms with van der Waals surface area (Å²) in [6.07, 6.45) is 1.69. The van der Waals surface area contributed by atoms with E-state index < -0.39 is 0 Å². The van der Waals surface area contributed by atoms with E-state index in [4.69, 9.17) is 9.47 Å². The first kappa shape index (κ1) is 20.6. The van der Waals surface area contributed by atoms with Crippen LogP contribution in [0.4, 0.5) is 4.39 Å². The van der Waals surface area contributed by atoms with Crippen molar-refractivity contribution in [2.45, 2.75) is 12.8 Å². The van der Waals surface area contributed by atoms with Crippen LogP contribution in [-0.4, -0.2) is 44.0 Å². The second-order valence-electron chi connectivity index (χ2n) is 6.90. The minimum absolute atomic E-state index is 0.0374. The Morgan fingerprint density at radius 3 is 2.59 bits per heavy atom. The molecule has 0 aliphatic carbocycles. The molecule has 1 aliphatic rings. The van der Waals surface area contributed by atoms with Gasteiger partial charge in [0.05, 0.1) is 25.8 Å². The molecule has 1 saturated heterocycles. The Balaban J connectivity index is 1.77. The number of methoxy groups -OCH3 is 2. The van der Waals surface area contributed by atoms with E-state index in [0.717, 1.165) is 18.4 Å². The second kappa shape index (κ2) is 9.37. The number of rotatable bonds is 5. The fraction of sp³-hybridized carbons (Fsp3) is 0.304. The molecule has 152 valence electrons. The van der Waals surface area contributed by atoms with E-state index >= 15 is 0 Å². The van der Waals surface area contributed by atoms with E-state index in [2.05, 4.69) is 11.6 Å². The lowest BCUT2D eigenvalue weighted by atomic mass is 9.96. The molecular weight excluding hydrogens is 371 g/mol. The van der Waals surface area contributed by atoms with Crippen LogP contribution in [0.1, 0.15) is 28.8 Å². The SMILES string of the molecule is C=C(N=C(OC)C1CCCN(C(=O)c2ccc(F)cc2)C1)c1ccccc1OC. The fourth-order valence-corrected chi connectivity index (χ4v) is 3.52. The number of benzene rings is 2. The average Bonchev–Trinajstić information content (AvgIpc) is 2.77. The van der Waals surface area contributed by atoms with Crippen LogP contribution in [0.25, 0.3) is 5.70 Å². The van der Waals surface area contributed by atoms with Crippen molar-refractivity contribution in [1.29, 1.82) is 0 Å². The van der Waals surface area contributed by atoms with E-state index in [1.807, 2.05) is 24.3 Å². The predicted molar refractivity (Wildman–Crippen MR) is 111 cm³/mol. The van der Waals surface area contributed by atoms with Crippen LogP contribution in [0.2, 0.25) is 0 Å². The molecule has 1 amide bonds. The van der Waals surface area contributed by atoms with Gasteiger partial charge in [-0.15, -0.1) is 0 Å². The van der Waals surface area contributed by atoms with Gasteiger partial charge in [-0.2, -0.15) is 0 Å². The molecule has 2 aromatic carbocycles. The third-order valence-corrected chi connectivity index (χ3v) is 5.02. The van der Waals surface area contributed by atoms with Crippen LogP contribution in [0.15, 0.2) is 60.1 Å². The highest BCUT2D eigenvalue weighted by Crippen LogP contribution is 2.27. The van der Waals surface area contributed by atoms with Crippen molar-refractivity contribution >= 4 is 17.5 Å². The number of aliphatic imine (C=N–C) groups is 1. The highest BCUT2D eigenvalue weighted by atomic mass is 19.1. The number of hydrogen-bond acceptors (Lipinski definition) is 4. The Morgan fingerprint density at radius 2 is 1.90 bits per heavy atom. The number of carbonyl (C=O) groups is 1. The number of ether oxygens (including phenoxy) is 2. The fourth-order valence-electron chi connectivity index (χ4n) is 3.52. The molecule has 1 unspecified atom stereocenters. The Kier molecular flexibility index (Phi) is 6.65. The van der Waals surface area contributed by atoms with Gasteiger partial charge in [0, 0.05) is 24.2 Å². The molecule has 5 nitrogen and oxygen atoms in total. The van der Waals surface area contributed by atoms with Crippen molar-refractivity contribution < 1.29 is 18.7 Å². The summed E-state index contributed by atoms with van der Waals surface area (Å²) in [5.41, 5.74) is 1.81. The van der Waals surface area contributed by atoms with E-state index in [1.165, 1.54) is 24.3 Å². The van der Waals surface area contributed by atoms with Crippen LogP contribution >= 0.6 is 0 Å². The van der Waals surface area contributed by atoms with Gasteiger partial charge in [-0.1, -0.05) is 18.7 Å². The third kappa shape index (κ3) is 4.83. The molecule has 0 N–H and O–H groups in total. The summed E-state index contributed by atoms with van der Waals surface area (Å²) in [7, 11) is 3.18.